The summed E-state index contributed by atoms with van der Waals surface area (Å²) in [5, 5.41) is 8.88. The Morgan fingerprint density at radius 1 is 1.62 bits per heavy atom. The molecular formula is C10H13NO2. The third kappa shape index (κ3) is 2.54. The number of aromatic nitrogens is 1. The molecule has 0 radical (unpaired) electrons. The molecule has 1 N–H and O–H groups in total. The number of hydrogen-bond acceptors (Lipinski definition) is 2. The Kier molecular flexibility index (Phi) is 2.66. The van der Waals surface area contributed by atoms with Crippen LogP contribution in [0.25, 0.3) is 0 Å². The molecule has 70 valence electrons. The molecule has 0 spiro atoms. The van der Waals surface area contributed by atoms with E-state index in [-0.39, 0.29) is 0 Å². The minimum atomic E-state index is -0.781. The van der Waals surface area contributed by atoms with E-state index in [1.165, 1.54) is 0 Å². The fourth-order valence-electron chi connectivity index (χ4n) is 1.09. The fraction of sp³-hybridized carbons (Fsp3) is 0.400. The molecule has 1 heterocycles. The van der Waals surface area contributed by atoms with E-state index >= 15 is 0 Å². The minimum Gasteiger partial charge on any atom is -0.481 e. The fourth-order valence-corrected chi connectivity index (χ4v) is 1.09. The Bertz CT molecular complexity index is 293. The Labute approximate surface area is 77.4 Å². The molecular weight excluding hydrogens is 166 g/mol. The number of carbonyl (C=O) groups is 1. The third-order valence-corrected chi connectivity index (χ3v) is 1.95. The molecule has 1 aromatic heterocycles. The lowest BCUT2D eigenvalue weighted by Gasteiger charge is -2.18. The lowest BCUT2D eigenvalue weighted by Crippen LogP contribution is -2.26. The smallest absolute Gasteiger partial charge is 0.309 e. The van der Waals surface area contributed by atoms with Gasteiger partial charge in [-0.2, -0.15) is 0 Å². The number of nitrogens with zero attached hydrogens (tertiary/aromatic N) is 1. The summed E-state index contributed by atoms with van der Waals surface area (Å²) in [5.74, 6) is -0.781. The monoisotopic (exact) mass is 179 g/mol. The van der Waals surface area contributed by atoms with Gasteiger partial charge in [-0.25, -0.2) is 0 Å². The Morgan fingerprint density at radius 3 is 2.77 bits per heavy atom. The maximum atomic E-state index is 10.8. The van der Waals surface area contributed by atoms with E-state index in [0.29, 0.717) is 6.42 Å². The van der Waals surface area contributed by atoms with E-state index in [1.54, 1.807) is 26.2 Å². The highest BCUT2D eigenvalue weighted by Crippen LogP contribution is 2.21. The van der Waals surface area contributed by atoms with Crippen molar-refractivity contribution in [2.75, 3.05) is 0 Å². The maximum absolute atomic E-state index is 10.8. The Balaban J connectivity index is 2.75. The van der Waals surface area contributed by atoms with Gasteiger partial charge < -0.3 is 5.11 Å². The van der Waals surface area contributed by atoms with Crippen LogP contribution in [-0.2, 0) is 11.2 Å². The number of hydrogen-bond donors (Lipinski definition) is 1. The zero-order valence-electron chi connectivity index (χ0n) is 7.82. The van der Waals surface area contributed by atoms with Crippen molar-refractivity contribution in [3.63, 3.8) is 0 Å². The standard InChI is InChI=1S/C10H13NO2/c1-10(2,9(12)13)6-8-4-3-5-11-7-8/h3-5,7H,6H2,1-2H3,(H,12,13). The molecule has 0 aliphatic carbocycles. The van der Waals surface area contributed by atoms with Crippen LogP contribution in [0, 0.1) is 5.41 Å². The van der Waals surface area contributed by atoms with Gasteiger partial charge in [0.05, 0.1) is 5.41 Å². The highest BCUT2D eigenvalue weighted by molar-refractivity contribution is 5.74. The van der Waals surface area contributed by atoms with Crippen LogP contribution in [0.3, 0.4) is 0 Å². The van der Waals surface area contributed by atoms with E-state index in [9.17, 15) is 4.79 Å². The Hall–Kier alpha value is -1.38. The van der Waals surface area contributed by atoms with Crippen LogP contribution in [0.4, 0.5) is 0 Å². The van der Waals surface area contributed by atoms with E-state index in [4.69, 9.17) is 5.11 Å². The number of pyridine rings is 1. The summed E-state index contributed by atoms with van der Waals surface area (Å²) in [5.41, 5.74) is 0.234. The van der Waals surface area contributed by atoms with Crippen molar-refractivity contribution in [2.24, 2.45) is 5.41 Å². The van der Waals surface area contributed by atoms with Crippen LogP contribution in [0.2, 0.25) is 0 Å². The topological polar surface area (TPSA) is 50.2 Å². The molecule has 0 atom stereocenters. The molecule has 3 heteroatoms. The van der Waals surface area contributed by atoms with Gasteiger partial charge in [-0.3, -0.25) is 9.78 Å². The maximum Gasteiger partial charge on any atom is 0.309 e. The summed E-state index contributed by atoms with van der Waals surface area (Å²) in [7, 11) is 0. The van der Waals surface area contributed by atoms with E-state index in [2.05, 4.69) is 4.98 Å². The van der Waals surface area contributed by atoms with Crippen molar-refractivity contribution in [1.82, 2.24) is 4.98 Å². The first-order valence-corrected chi connectivity index (χ1v) is 4.15. The molecule has 3 nitrogen and oxygen atoms in total. The molecule has 0 bridgehead atoms. The van der Waals surface area contributed by atoms with Gasteiger partial charge in [-0.15, -0.1) is 0 Å². The molecule has 0 fully saturated rings. The molecule has 0 saturated heterocycles. The first kappa shape index (κ1) is 9.71. The van der Waals surface area contributed by atoms with Gasteiger partial charge in [0, 0.05) is 12.4 Å². The highest BCUT2D eigenvalue weighted by atomic mass is 16.4. The van der Waals surface area contributed by atoms with Crippen LogP contribution in [0.15, 0.2) is 24.5 Å². The largest absolute Gasteiger partial charge is 0.481 e. The van der Waals surface area contributed by atoms with Gasteiger partial charge in [0.1, 0.15) is 0 Å². The van der Waals surface area contributed by atoms with Gasteiger partial charge in [0.25, 0.3) is 0 Å². The SMILES string of the molecule is CC(C)(Cc1cccnc1)C(=O)O. The normalized spacial score (nSPS) is 11.2. The van der Waals surface area contributed by atoms with Crippen LogP contribution in [-0.4, -0.2) is 16.1 Å². The molecule has 1 rings (SSSR count). The number of rotatable bonds is 3. The summed E-state index contributed by atoms with van der Waals surface area (Å²) >= 11 is 0. The first-order chi connectivity index (χ1) is 6.02. The van der Waals surface area contributed by atoms with Crippen molar-refractivity contribution in [3.8, 4) is 0 Å². The van der Waals surface area contributed by atoms with Crippen molar-refractivity contribution in [2.45, 2.75) is 20.3 Å². The third-order valence-electron chi connectivity index (χ3n) is 1.95. The van der Waals surface area contributed by atoms with E-state index in [1.807, 2.05) is 12.1 Å². The van der Waals surface area contributed by atoms with Crippen molar-refractivity contribution in [3.05, 3.63) is 30.1 Å². The first-order valence-electron chi connectivity index (χ1n) is 4.15. The predicted octanol–water partition coefficient (Wildman–Crippen LogP) is 1.73. The molecule has 0 unspecified atom stereocenters. The van der Waals surface area contributed by atoms with Crippen LogP contribution in [0.1, 0.15) is 19.4 Å². The summed E-state index contributed by atoms with van der Waals surface area (Å²) in [6.07, 6.45) is 3.89. The molecule has 0 amide bonds. The van der Waals surface area contributed by atoms with Gasteiger partial charge in [0.2, 0.25) is 0 Å². The average Bonchev–Trinajstić information content (AvgIpc) is 2.05. The molecule has 0 aliphatic rings. The van der Waals surface area contributed by atoms with Crippen molar-refractivity contribution >= 4 is 5.97 Å². The number of carboxylic acids is 1. The quantitative estimate of drug-likeness (QED) is 0.768. The van der Waals surface area contributed by atoms with Gasteiger partial charge in [-0.05, 0) is 31.9 Å². The lowest BCUT2D eigenvalue weighted by molar-refractivity contribution is -0.146. The lowest BCUT2D eigenvalue weighted by atomic mass is 9.86. The Morgan fingerprint density at radius 2 is 2.31 bits per heavy atom. The second kappa shape index (κ2) is 3.56. The van der Waals surface area contributed by atoms with Gasteiger partial charge in [0.15, 0.2) is 0 Å². The van der Waals surface area contributed by atoms with Crippen molar-refractivity contribution in [1.29, 1.82) is 0 Å². The summed E-state index contributed by atoms with van der Waals surface area (Å²) in [6, 6.07) is 3.70. The second-order valence-electron chi connectivity index (χ2n) is 3.73. The van der Waals surface area contributed by atoms with Crippen LogP contribution < -0.4 is 0 Å². The molecule has 13 heavy (non-hydrogen) atoms. The molecule has 0 aromatic carbocycles. The highest BCUT2D eigenvalue weighted by Gasteiger charge is 2.27. The molecule has 0 saturated carbocycles. The zero-order chi connectivity index (χ0) is 9.90. The summed E-state index contributed by atoms with van der Waals surface area (Å²) in [4.78, 5) is 14.7. The van der Waals surface area contributed by atoms with E-state index < -0.39 is 11.4 Å². The van der Waals surface area contributed by atoms with E-state index in [0.717, 1.165) is 5.56 Å². The summed E-state index contributed by atoms with van der Waals surface area (Å²) < 4.78 is 0. The minimum absolute atomic E-state index is 0.510. The zero-order valence-corrected chi connectivity index (χ0v) is 7.82. The number of aliphatic carboxylic acids is 1. The average molecular weight is 179 g/mol. The van der Waals surface area contributed by atoms with Crippen LogP contribution >= 0.6 is 0 Å². The van der Waals surface area contributed by atoms with Gasteiger partial charge in [-0.1, -0.05) is 6.07 Å². The van der Waals surface area contributed by atoms with Crippen molar-refractivity contribution < 1.29 is 9.90 Å². The number of carboxylic acid groups (broad SMARTS) is 1. The molecule has 1 aromatic rings. The van der Waals surface area contributed by atoms with Gasteiger partial charge >= 0.3 is 5.97 Å². The molecule has 0 aliphatic heterocycles. The summed E-state index contributed by atoms with van der Waals surface area (Å²) in [6.45, 7) is 3.42. The predicted molar refractivity (Wildman–Crippen MR) is 49.4 cm³/mol. The van der Waals surface area contributed by atoms with Crippen LogP contribution in [0.5, 0.6) is 0 Å². The second-order valence-corrected chi connectivity index (χ2v) is 3.73.